The van der Waals surface area contributed by atoms with Gasteiger partial charge in [-0.1, -0.05) is 31.9 Å². The summed E-state index contributed by atoms with van der Waals surface area (Å²) in [7, 11) is 0. The van der Waals surface area contributed by atoms with Crippen molar-refractivity contribution in [3.63, 3.8) is 0 Å². The number of nitrogens with two attached hydrogens (primary N) is 2. The molecule has 20 heavy (non-hydrogen) atoms. The number of carbonyl (C=O) groups excluding carboxylic acids is 2. The van der Waals surface area contributed by atoms with E-state index >= 15 is 0 Å². The van der Waals surface area contributed by atoms with Crippen molar-refractivity contribution in [2.45, 2.75) is 25.7 Å². The maximum atomic E-state index is 10.8. The van der Waals surface area contributed by atoms with Crippen LogP contribution in [-0.2, 0) is 9.59 Å². The minimum Gasteiger partial charge on any atom is -0.355 e. The Kier molecular flexibility index (Phi) is 20.8. The first kappa shape index (κ1) is 22.1. The molecule has 0 radical (unpaired) electrons. The molecule has 0 aliphatic heterocycles. The molecule has 0 spiro atoms. The highest BCUT2D eigenvalue weighted by Crippen LogP contribution is 1.87. The predicted molar refractivity (Wildman–Crippen MR) is 90.2 cm³/mol. The van der Waals surface area contributed by atoms with Crippen LogP contribution in [0.15, 0.2) is 0 Å². The number of halogens is 2. The second-order valence-electron chi connectivity index (χ2n) is 3.96. The lowest BCUT2D eigenvalue weighted by molar-refractivity contribution is -0.119. The van der Waals surface area contributed by atoms with Crippen molar-refractivity contribution >= 4 is 43.7 Å². The summed E-state index contributed by atoms with van der Waals surface area (Å²) in [6.07, 6.45) is 3.88. The van der Waals surface area contributed by atoms with Crippen LogP contribution in [-0.4, -0.2) is 48.7 Å². The maximum absolute atomic E-state index is 10.8. The van der Waals surface area contributed by atoms with Crippen LogP contribution in [0.4, 0.5) is 0 Å². The molecule has 0 unspecified atom stereocenters. The van der Waals surface area contributed by atoms with Gasteiger partial charge in [-0.2, -0.15) is 0 Å². The van der Waals surface area contributed by atoms with Crippen LogP contribution in [0, 0.1) is 0 Å². The third-order valence-electron chi connectivity index (χ3n) is 2.15. The number of alkyl halides is 2. The molecule has 120 valence electrons. The molecule has 8 heteroatoms. The van der Waals surface area contributed by atoms with E-state index in [1.54, 1.807) is 0 Å². The molecule has 2 amide bonds. The summed E-state index contributed by atoms with van der Waals surface area (Å²) in [5, 5.41) is 6.13. The van der Waals surface area contributed by atoms with Gasteiger partial charge in [0.15, 0.2) is 0 Å². The third-order valence-corrected chi connectivity index (χ3v) is 3.17. The standard InChI is InChI=1S/C8H14Br2N2O2.C4H12N2/c9-5-7(13)11-3-1-2-4-12-8(14)6-10;5-3-1-2-4-6/h1-6H2,(H,11,13)(H,12,14);1-6H2. The molecule has 0 saturated carbocycles. The first-order chi connectivity index (χ1) is 9.62. The normalized spacial score (nSPS) is 9.40. The van der Waals surface area contributed by atoms with Crippen molar-refractivity contribution in [2.24, 2.45) is 11.5 Å². The zero-order chi connectivity index (χ0) is 15.6. The molecule has 0 aliphatic rings. The first-order valence-corrected chi connectivity index (χ1v) is 8.92. The lowest BCUT2D eigenvalue weighted by Crippen LogP contribution is -2.28. The van der Waals surface area contributed by atoms with E-state index in [2.05, 4.69) is 42.5 Å². The minimum absolute atomic E-state index is 0.00510. The first-order valence-electron chi connectivity index (χ1n) is 6.67. The van der Waals surface area contributed by atoms with Gasteiger partial charge in [0, 0.05) is 13.1 Å². The van der Waals surface area contributed by atoms with Gasteiger partial charge < -0.3 is 22.1 Å². The summed E-state index contributed by atoms with van der Waals surface area (Å²) >= 11 is 6.10. The van der Waals surface area contributed by atoms with Crippen molar-refractivity contribution in [1.29, 1.82) is 0 Å². The smallest absolute Gasteiger partial charge is 0.230 e. The summed E-state index contributed by atoms with van der Waals surface area (Å²) in [4.78, 5) is 21.5. The fraction of sp³-hybridized carbons (Fsp3) is 0.833. The van der Waals surface area contributed by atoms with Gasteiger partial charge in [0.05, 0.1) is 10.7 Å². The molecule has 0 heterocycles. The highest BCUT2D eigenvalue weighted by molar-refractivity contribution is 9.09. The van der Waals surface area contributed by atoms with Crippen molar-refractivity contribution in [1.82, 2.24) is 10.6 Å². The summed E-state index contributed by atoms with van der Waals surface area (Å²) < 4.78 is 0. The van der Waals surface area contributed by atoms with Gasteiger partial charge in [-0.25, -0.2) is 0 Å². The number of rotatable bonds is 10. The van der Waals surface area contributed by atoms with Gasteiger partial charge in [0.1, 0.15) is 0 Å². The molecule has 0 aromatic rings. The van der Waals surface area contributed by atoms with Crippen LogP contribution < -0.4 is 22.1 Å². The van der Waals surface area contributed by atoms with Crippen LogP contribution in [0.2, 0.25) is 0 Å². The van der Waals surface area contributed by atoms with Gasteiger partial charge in [-0.3, -0.25) is 9.59 Å². The molecule has 0 rings (SSSR count). The highest BCUT2D eigenvalue weighted by atomic mass is 79.9. The Morgan fingerprint density at radius 2 is 1.10 bits per heavy atom. The van der Waals surface area contributed by atoms with Gasteiger partial charge in [-0.15, -0.1) is 0 Å². The zero-order valence-corrected chi connectivity index (χ0v) is 15.0. The van der Waals surface area contributed by atoms with Crippen molar-refractivity contribution < 1.29 is 9.59 Å². The molecule has 0 fully saturated rings. The largest absolute Gasteiger partial charge is 0.355 e. The Morgan fingerprint density at radius 1 is 0.750 bits per heavy atom. The van der Waals surface area contributed by atoms with E-state index in [1.807, 2.05) is 0 Å². The van der Waals surface area contributed by atoms with Gasteiger partial charge >= 0.3 is 0 Å². The van der Waals surface area contributed by atoms with E-state index in [9.17, 15) is 9.59 Å². The Labute approximate surface area is 138 Å². The topological polar surface area (TPSA) is 110 Å². The molecular weight excluding hydrogens is 392 g/mol. The number of hydrogen-bond donors (Lipinski definition) is 4. The molecule has 0 bridgehead atoms. The van der Waals surface area contributed by atoms with E-state index in [1.165, 1.54) is 0 Å². The van der Waals surface area contributed by atoms with Gasteiger partial charge in [0.2, 0.25) is 11.8 Å². The molecule has 6 N–H and O–H groups in total. The van der Waals surface area contributed by atoms with Crippen molar-refractivity contribution in [2.75, 3.05) is 36.8 Å². The van der Waals surface area contributed by atoms with Gasteiger partial charge in [0.25, 0.3) is 0 Å². The van der Waals surface area contributed by atoms with Crippen LogP contribution in [0.25, 0.3) is 0 Å². The van der Waals surface area contributed by atoms with E-state index in [0.717, 1.165) is 38.8 Å². The number of nitrogens with one attached hydrogen (secondary N) is 2. The van der Waals surface area contributed by atoms with Gasteiger partial charge in [-0.05, 0) is 38.8 Å². The summed E-state index contributed by atoms with van der Waals surface area (Å²) in [5.41, 5.74) is 10.3. The Morgan fingerprint density at radius 3 is 1.35 bits per heavy atom. The lowest BCUT2D eigenvalue weighted by Gasteiger charge is -2.04. The Bertz CT molecular complexity index is 219. The predicted octanol–water partition coefficient (Wildman–Crippen LogP) is 0.473. The quantitative estimate of drug-likeness (QED) is 0.306. The summed E-state index contributed by atoms with van der Waals surface area (Å²) in [5.74, 6) is -0.0102. The van der Waals surface area contributed by atoms with Crippen LogP contribution in [0.3, 0.4) is 0 Å². The molecule has 0 aliphatic carbocycles. The van der Waals surface area contributed by atoms with E-state index < -0.39 is 0 Å². The Balaban J connectivity index is 0. The average Bonchev–Trinajstić information content (AvgIpc) is 2.48. The minimum atomic E-state index is -0.00510. The molecule has 0 atom stereocenters. The number of amides is 2. The third kappa shape index (κ3) is 20.1. The van der Waals surface area contributed by atoms with Crippen molar-refractivity contribution in [3.8, 4) is 0 Å². The fourth-order valence-corrected chi connectivity index (χ4v) is 1.49. The monoisotopic (exact) mass is 416 g/mol. The van der Waals surface area contributed by atoms with E-state index in [0.29, 0.717) is 23.7 Å². The number of unbranched alkanes of at least 4 members (excludes halogenated alkanes) is 2. The second kappa shape index (κ2) is 18.8. The second-order valence-corrected chi connectivity index (χ2v) is 5.08. The van der Waals surface area contributed by atoms with E-state index in [4.69, 9.17) is 11.5 Å². The van der Waals surface area contributed by atoms with Crippen LogP contribution >= 0.6 is 31.9 Å². The molecule has 0 aromatic heterocycles. The van der Waals surface area contributed by atoms with E-state index in [-0.39, 0.29) is 11.8 Å². The fourth-order valence-electron chi connectivity index (χ4n) is 1.09. The highest BCUT2D eigenvalue weighted by Gasteiger charge is 1.97. The van der Waals surface area contributed by atoms with Crippen LogP contribution in [0.5, 0.6) is 0 Å². The number of carbonyl (C=O) groups is 2. The molecule has 0 aromatic carbocycles. The summed E-state index contributed by atoms with van der Waals surface area (Å²) in [6, 6.07) is 0. The van der Waals surface area contributed by atoms with Crippen LogP contribution in [0.1, 0.15) is 25.7 Å². The summed E-state index contributed by atoms with van der Waals surface area (Å²) in [6.45, 7) is 2.87. The SMILES string of the molecule is NCCCCN.O=C(CBr)NCCCCNC(=O)CBr. The number of hydrogen-bond acceptors (Lipinski definition) is 4. The molecular formula is C12H26Br2N4O2. The lowest BCUT2D eigenvalue weighted by atomic mass is 10.3. The maximum Gasteiger partial charge on any atom is 0.230 e. The Hall–Kier alpha value is -0.180. The average molecular weight is 418 g/mol. The molecule has 6 nitrogen and oxygen atoms in total. The van der Waals surface area contributed by atoms with Crippen molar-refractivity contribution in [3.05, 3.63) is 0 Å². The zero-order valence-electron chi connectivity index (χ0n) is 11.8. The molecule has 0 saturated heterocycles.